The molecule has 0 saturated heterocycles. The van der Waals surface area contributed by atoms with Crippen molar-refractivity contribution in [2.24, 2.45) is 11.7 Å². The van der Waals surface area contributed by atoms with Gasteiger partial charge in [0, 0.05) is 24.4 Å². The summed E-state index contributed by atoms with van der Waals surface area (Å²) in [5.74, 6) is -0.131. The Morgan fingerprint density at radius 2 is 2.00 bits per heavy atom. The van der Waals surface area contributed by atoms with E-state index in [-0.39, 0.29) is 35.2 Å². The van der Waals surface area contributed by atoms with Gasteiger partial charge in [-0.1, -0.05) is 12.1 Å². The van der Waals surface area contributed by atoms with Crippen LogP contribution in [-0.2, 0) is 24.1 Å². The summed E-state index contributed by atoms with van der Waals surface area (Å²) >= 11 is 0. The first-order chi connectivity index (χ1) is 18.3. The van der Waals surface area contributed by atoms with Crippen LogP contribution in [0.4, 0.5) is 0 Å². The lowest BCUT2D eigenvalue weighted by Crippen LogP contribution is -2.31. The van der Waals surface area contributed by atoms with Crippen LogP contribution in [0.1, 0.15) is 42.4 Å². The van der Waals surface area contributed by atoms with Crippen LogP contribution in [-0.4, -0.2) is 52.6 Å². The van der Waals surface area contributed by atoms with E-state index in [0.717, 1.165) is 29.5 Å². The number of aliphatic hydroxyl groups excluding tert-OH is 1. The molecule has 0 spiro atoms. The highest BCUT2D eigenvalue weighted by Crippen LogP contribution is 2.38. The minimum Gasteiger partial charge on any atom is -0.504 e. The number of phenols is 3. The van der Waals surface area contributed by atoms with Gasteiger partial charge in [0.25, 0.3) is 0 Å². The highest BCUT2D eigenvalue weighted by molar-refractivity contribution is 5.82. The third-order valence-electron chi connectivity index (χ3n) is 7.20. The second-order valence-electron chi connectivity index (χ2n) is 9.81. The molecule has 2 atom stereocenters. The number of Topliss-reactive ketones (excluding diaryl/α,β-unsaturated/α-hetero) is 1. The number of carbonyl (C=O) groups is 1. The van der Waals surface area contributed by atoms with E-state index in [1.807, 2.05) is 12.1 Å². The maximum atomic E-state index is 13.5. The van der Waals surface area contributed by atoms with E-state index >= 15 is 0 Å². The molecule has 0 fully saturated rings. The van der Waals surface area contributed by atoms with Crippen molar-refractivity contribution in [3.63, 3.8) is 0 Å². The van der Waals surface area contributed by atoms with Crippen LogP contribution >= 0.6 is 0 Å². The summed E-state index contributed by atoms with van der Waals surface area (Å²) in [5.41, 5.74) is 9.41. The lowest BCUT2D eigenvalue weighted by atomic mass is 9.84. The van der Waals surface area contributed by atoms with Crippen LogP contribution in [0.25, 0.3) is 0 Å². The summed E-state index contributed by atoms with van der Waals surface area (Å²) < 4.78 is 10.8. The molecule has 9 heteroatoms. The van der Waals surface area contributed by atoms with Crippen molar-refractivity contribution in [2.45, 2.75) is 51.0 Å². The zero-order valence-corrected chi connectivity index (χ0v) is 21.6. The topological polar surface area (TPSA) is 154 Å². The van der Waals surface area contributed by atoms with E-state index < -0.39 is 12.0 Å². The highest BCUT2D eigenvalue weighted by Gasteiger charge is 2.28. The number of fused-ring (bicyclic) bond motifs is 1. The third kappa shape index (κ3) is 6.34. The Bertz CT molecular complexity index is 1240. The quantitative estimate of drug-likeness (QED) is 0.243. The number of allylic oxidation sites excluding steroid dienone is 2. The number of benzene rings is 2. The molecule has 0 saturated carbocycles. The van der Waals surface area contributed by atoms with E-state index in [4.69, 9.17) is 15.2 Å². The maximum Gasteiger partial charge on any atom is 0.200 e. The average Bonchev–Trinajstić information content (AvgIpc) is 2.91. The summed E-state index contributed by atoms with van der Waals surface area (Å²) in [6, 6.07) is 6.47. The smallest absolute Gasteiger partial charge is 0.200 e. The summed E-state index contributed by atoms with van der Waals surface area (Å²) in [6.07, 6.45) is 6.21. The predicted octanol–water partition coefficient (Wildman–Crippen LogP) is 2.97. The van der Waals surface area contributed by atoms with Gasteiger partial charge in [-0.15, -0.1) is 0 Å². The van der Waals surface area contributed by atoms with E-state index in [1.165, 1.54) is 13.2 Å². The zero-order valence-electron chi connectivity index (χ0n) is 21.6. The van der Waals surface area contributed by atoms with E-state index in [2.05, 4.69) is 5.32 Å². The maximum absolute atomic E-state index is 13.5. The SMILES string of the molecule is COc1cc(CCC(=O)[C@H](CC2=CCNC(N)=C2)[C@H](O)CCc2ccc(O)c3c2CCCO3)cc(O)c1O. The Morgan fingerprint density at radius 3 is 2.76 bits per heavy atom. The Morgan fingerprint density at radius 1 is 1.18 bits per heavy atom. The lowest BCUT2D eigenvalue weighted by molar-refractivity contribution is -0.126. The molecule has 9 nitrogen and oxygen atoms in total. The van der Waals surface area contributed by atoms with Gasteiger partial charge in [-0.05, 0) is 79.5 Å². The number of nitrogens with two attached hydrogens (primary N) is 1. The van der Waals surface area contributed by atoms with Gasteiger partial charge in [-0.3, -0.25) is 4.79 Å². The number of ether oxygens (including phenoxy) is 2. The highest BCUT2D eigenvalue weighted by atomic mass is 16.5. The van der Waals surface area contributed by atoms with Crippen LogP contribution in [0.5, 0.6) is 28.7 Å². The molecule has 2 heterocycles. The molecule has 0 radical (unpaired) electrons. The molecule has 2 aliphatic heterocycles. The molecule has 2 aromatic carbocycles. The Kier molecular flexibility index (Phi) is 8.68. The number of phenolic OH excluding ortho intramolecular Hbond substituents is 3. The number of aromatic hydroxyl groups is 3. The van der Waals surface area contributed by atoms with Crippen LogP contribution in [0, 0.1) is 5.92 Å². The van der Waals surface area contributed by atoms with Crippen molar-refractivity contribution in [1.82, 2.24) is 5.32 Å². The number of hydrogen-bond acceptors (Lipinski definition) is 9. The summed E-state index contributed by atoms with van der Waals surface area (Å²) in [4.78, 5) is 13.5. The number of dihydropyridines is 1. The molecule has 0 unspecified atom stereocenters. The second kappa shape index (κ2) is 12.1. The minimum atomic E-state index is -0.898. The monoisotopic (exact) mass is 524 g/mol. The number of aryl methyl sites for hydroxylation is 2. The first-order valence-electron chi connectivity index (χ1n) is 12.9. The van der Waals surface area contributed by atoms with Crippen molar-refractivity contribution in [1.29, 1.82) is 0 Å². The molecule has 7 N–H and O–H groups in total. The van der Waals surface area contributed by atoms with Gasteiger partial charge >= 0.3 is 0 Å². The Hall–Kier alpha value is -3.85. The fraction of sp³-hybridized carbons (Fsp3) is 0.414. The van der Waals surface area contributed by atoms with Crippen LogP contribution in [0.15, 0.2) is 47.8 Å². The molecular weight excluding hydrogens is 488 g/mol. The van der Waals surface area contributed by atoms with Crippen molar-refractivity contribution in [2.75, 3.05) is 20.3 Å². The Balaban J connectivity index is 1.49. The molecule has 2 aromatic rings. The van der Waals surface area contributed by atoms with Crippen LogP contribution in [0.3, 0.4) is 0 Å². The first kappa shape index (κ1) is 27.2. The third-order valence-corrected chi connectivity index (χ3v) is 7.20. The number of methoxy groups -OCH3 is 1. The molecule has 0 amide bonds. The van der Waals surface area contributed by atoms with Gasteiger partial charge in [0.15, 0.2) is 23.0 Å². The van der Waals surface area contributed by atoms with Gasteiger partial charge in [0.2, 0.25) is 5.75 Å². The molecule has 0 aliphatic carbocycles. The summed E-state index contributed by atoms with van der Waals surface area (Å²) in [7, 11) is 1.39. The van der Waals surface area contributed by atoms with Gasteiger partial charge in [0.1, 0.15) is 5.78 Å². The molecule has 204 valence electrons. The fourth-order valence-corrected chi connectivity index (χ4v) is 5.13. The summed E-state index contributed by atoms with van der Waals surface area (Å²) in [5, 5.41) is 44.3. The van der Waals surface area contributed by atoms with Crippen molar-refractivity contribution in [3.8, 4) is 28.7 Å². The van der Waals surface area contributed by atoms with Crippen LogP contribution < -0.4 is 20.5 Å². The molecule has 2 aliphatic rings. The first-order valence-corrected chi connectivity index (χ1v) is 12.9. The number of rotatable bonds is 11. The van der Waals surface area contributed by atoms with E-state index in [0.29, 0.717) is 56.0 Å². The number of carbonyl (C=O) groups excluding carboxylic acids is 1. The number of hydrogen-bond donors (Lipinski definition) is 6. The summed E-state index contributed by atoms with van der Waals surface area (Å²) in [6.45, 7) is 1.12. The number of ketones is 1. The number of aliphatic hydroxyl groups is 1. The normalized spacial score (nSPS) is 16.3. The fourth-order valence-electron chi connectivity index (χ4n) is 5.13. The van der Waals surface area contributed by atoms with Crippen molar-refractivity contribution < 1.29 is 34.7 Å². The van der Waals surface area contributed by atoms with E-state index in [9.17, 15) is 25.2 Å². The molecule has 0 aromatic heterocycles. The molecule has 38 heavy (non-hydrogen) atoms. The predicted molar refractivity (Wildman–Crippen MR) is 142 cm³/mol. The van der Waals surface area contributed by atoms with Gasteiger partial charge in [-0.2, -0.15) is 0 Å². The van der Waals surface area contributed by atoms with Gasteiger partial charge in [-0.25, -0.2) is 0 Å². The lowest BCUT2D eigenvalue weighted by Gasteiger charge is -2.25. The van der Waals surface area contributed by atoms with E-state index in [1.54, 1.807) is 18.2 Å². The molecular formula is C29H36N2O7. The number of nitrogens with one attached hydrogen (secondary N) is 1. The van der Waals surface area contributed by atoms with Crippen molar-refractivity contribution in [3.05, 3.63) is 64.5 Å². The molecule has 0 bridgehead atoms. The van der Waals surface area contributed by atoms with Gasteiger partial charge < -0.3 is 41.0 Å². The standard InChI is InChI=1S/C29H36N2O7/c1-37-26-15-17(14-25(35)28(26)36)4-7-22(32)21(13-18-10-11-31-27(30)16-18)23(33)8-5-19-6-9-24(34)29-20(19)3-2-12-38-29/h6,9-10,14-16,21,23,31,33-36H,2-5,7-8,11-13,30H2,1H3/t21-,23+/m0/s1. The Labute approximate surface area is 222 Å². The zero-order chi connectivity index (χ0) is 27.2. The van der Waals surface area contributed by atoms with Crippen LogP contribution in [0.2, 0.25) is 0 Å². The second-order valence-corrected chi connectivity index (χ2v) is 9.81. The average molecular weight is 525 g/mol. The minimum absolute atomic E-state index is 0.105. The van der Waals surface area contributed by atoms with Crippen molar-refractivity contribution >= 4 is 5.78 Å². The molecule has 4 rings (SSSR count). The largest absolute Gasteiger partial charge is 0.504 e. The van der Waals surface area contributed by atoms with Gasteiger partial charge in [0.05, 0.1) is 25.6 Å².